The molecular weight excluding hydrogens is 318 g/mol. The summed E-state index contributed by atoms with van der Waals surface area (Å²) in [6, 6.07) is 7.64. The van der Waals surface area contributed by atoms with E-state index in [1.165, 1.54) is 7.05 Å². The molecule has 6 N–H and O–H groups in total. The van der Waals surface area contributed by atoms with Gasteiger partial charge in [0.15, 0.2) is 0 Å². The zero-order valence-electron chi connectivity index (χ0n) is 14.6. The highest BCUT2D eigenvalue weighted by molar-refractivity contribution is 6.28. The first-order valence-corrected chi connectivity index (χ1v) is 8.18. The number of amides is 1. The fraction of sp³-hybridized carbons (Fsp3) is 0.389. The Bertz CT molecular complexity index is 777. The molecule has 1 aliphatic rings. The summed E-state index contributed by atoms with van der Waals surface area (Å²) >= 11 is 0. The van der Waals surface area contributed by atoms with Crippen LogP contribution < -0.4 is 15.8 Å². The molecule has 0 atom stereocenters. The third-order valence-corrected chi connectivity index (χ3v) is 4.21. The number of hydrogen-bond donors (Lipinski definition) is 5. The number of carbonyl (C=O) groups excluding carboxylic acids is 1. The molecule has 1 heterocycles. The zero-order valence-corrected chi connectivity index (χ0v) is 14.6. The highest BCUT2D eigenvalue weighted by Gasteiger charge is 2.44. The van der Waals surface area contributed by atoms with E-state index in [1.807, 2.05) is 31.2 Å². The van der Waals surface area contributed by atoms with E-state index in [1.54, 1.807) is 0 Å². The lowest BCUT2D eigenvalue weighted by Crippen LogP contribution is -2.29. The Hall–Kier alpha value is -2.67. The summed E-state index contributed by atoms with van der Waals surface area (Å²) in [5.74, 6) is 0.761. The van der Waals surface area contributed by atoms with Gasteiger partial charge in [-0.2, -0.15) is 0 Å². The fourth-order valence-corrected chi connectivity index (χ4v) is 2.36. The highest BCUT2D eigenvalue weighted by atomic mass is 16.5. The molecule has 25 heavy (non-hydrogen) atoms. The van der Waals surface area contributed by atoms with Crippen molar-refractivity contribution in [1.29, 1.82) is 10.8 Å². The summed E-state index contributed by atoms with van der Waals surface area (Å²) in [7, 11) is 1.50. The minimum absolute atomic E-state index is 0.0806. The van der Waals surface area contributed by atoms with Crippen molar-refractivity contribution in [1.82, 2.24) is 10.3 Å². The Morgan fingerprint density at radius 1 is 1.40 bits per heavy atom. The van der Waals surface area contributed by atoms with Crippen LogP contribution in [0.1, 0.15) is 25.5 Å². The van der Waals surface area contributed by atoms with E-state index in [0.29, 0.717) is 12.3 Å². The van der Waals surface area contributed by atoms with Gasteiger partial charge in [-0.1, -0.05) is 6.92 Å². The summed E-state index contributed by atoms with van der Waals surface area (Å²) in [6.45, 7) is 2.55. The third-order valence-electron chi connectivity index (χ3n) is 4.21. The van der Waals surface area contributed by atoms with Crippen LogP contribution >= 0.6 is 0 Å². The first-order valence-electron chi connectivity index (χ1n) is 8.18. The van der Waals surface area contributed by atoms with Crippen LogP contribution in [0, 0.1) is 16.2 Å². The predicted octanol–water partition coefficient (Wildman–Crippen LogP) is 2.21. The number of benzene rings is 1. The average molecular weight is 343 g/mol. The van der Waals surface area contributed by atoms with Gasteiger partial charge in [-0.3, -0.25) is 4.79 Å². The molecule has 0 aliphatic heterocycles. The number of ether oxygens (including phenoxy) is 1. The molecule has 0 bridgehead atoms. The standard InChI is InChI=1S/C17H20N4O2.CH5N/c1-17(4-5-17)16(22)20-9-13-6-11-2-3-14(7-15(11)21-13)23-10-12(19)8-18;1-2/h2-3,6-8,18-19,21H,4-5,9-10H2,1H3,(H,20,22);2H2,1H3. The SMILES string of the molecule is CC1(C(=O)NCc2cc3ccc(OCC(=N)C=N)cc3[nH]2)CC1.CN. The topological polar surface area (TPSA) is 128 Å². The van der Waals surface area contributed by atoms with E-state index < -0.39 is 0 Å². The molecule has 0 radical (unpaired) electrons. The molecule has 1 saturated carbocycles. The fourth-order valence-electron chi connectivity index (χ4n) is 2.36. The van der Waals surface area contributed by atoms with Gasteiger partial charge < -0.3 is 31.6 Å². The van der Waals surface area contributed by atoms with Crippen LogP contribution in [0.25, 0.3) is 10.9 Å². The maximum absolute atomic E-state index is 12.0. The predicted molar refractivity (Wildman–Crippen MR) is 99.6 cm³/mol. The van der Waals surface area contributed by atoms with Crippen LogP contribution in [0.5, 0.6) is 5.75 Å². The maximum Gasteiger partial charge on any atom is 0.226 e. The quantitative estimate of drug-likeness (QED) is 0.494. The molecule has 0 saturated heterocycles. The van der Waals surface area contributed by atoms with Gasteiger partial charge in [0.25, 0.3) is 0 Å². The monoisotopic (exact) mass is 343 g/mol. The molecule has 1 amide bonds. The Morgan fingerprint density at radius 2 is 2.12 bits per heavy atom. The van der Waals surface area contributed by atoms with Crippen LogP contribution in [0.15, 0.2) is 24.3 Å². The summed E-state index contributed by atoms with van der Waals surface area (Å²) in [5, 5.41) is 18.4. The Kier molecular flexibility index (Phi) is 5.93. The minimum Gasteiger partial charge on any atom is -0.487 e. The van der Waals surface area contributed by atoms with Crippen molar-refractivity contribution in [3.8, 4) is 5.75 Å². The molecule has 2 aromatic rings. The first-order chi connectivity index (χ1) is 12.0. The summed E-state index contributed by atoms with van der Waals surface area (Å²) in [4.78, 5) is 15.2. The van der Waals surface area contributed by atoms with Crippen molar-refractivity contribution in [2.45, 2.75) is 26.3 Å². The van der Waals surface area contributed by atoms with Crippen LogP contribution in [0.3, 0.4) is 0 Å². The lowest BCUT2D eigenvalue weighted by molar-refractivity contribution is -0.125. The minimum atomic E-state index is -0.160. The van der Waals surface area contributed by atoms with Crippen molar-refractivity contribution < 1.29 is 9.53 Å². The number of hydrogen-bond acceptors (Lipinski definition) is 5. The van der Waals surface area contributed by atoms with E-state index in [4.69, 9.17) is 15.6 Å². The van der Waals surface area contributed by atoms with Gasteiger partial charge in [-0.25, -0.2) is 0 Å². The van der Waals surface area contributed by atoms with Crippen molar-refractivity contribution in [3.05, 3.63) is 30.0 Å². The Balaban J connectivity index is 0.00000109. The summed E-state index contributed by atoms with van der Waals surface area (Å²) in [6.07, 6.45) is 2.91. The number of aromatic nitrogens is 1. The molecule has 1 aromatic heterocycles. The molecule has 1 aliphatic carbocycles. The zero-order chi connectivity index (χ0) is 18.4. The van der Waals surface area contributed by atoms with Crippen molar-refractivity contribution >= 4 is 28.7 Å². The van der Waals surface area contributed by atoms with Gasteiger partial charge in [0, 0.05) is 28.9 Å². The number of fused-ring (bicyclic) bond motifs is 1. The van der Waals surface area contributed by atoms with Gasteiger partial charge in [0.1, 0.15) is 12.4 Å². The molecular formula is C18H25N5O2. The smallest absolute Gasteiger partial charge is 0.226 e. The maximum atomic E-state index is 12.0. The Morgan fingerprint density at radius 3 is 2.76 bits per heavy atom. The largest absolute Gasteiger partial charge is 0.487 e. The number of nitrogens with two attached hydrogens (primary N) is 1. The second-order valence-corrected chi connectivity index (χ2v) is 6.25. The van der Waals surface area contributed by atoms with Gasteiger partial charge >= 0.3 is 0 Å². The lowest BCUT2D eigenvalue weighted by Gasteiger charge is -2.08. The average Bonchev–Trinajstić information content (AvgIpc) is 3.26. The van der Waals surface area contributed by atoms with E-state index in [9.17, 15) is 4.79 Å². The van der Waals surface area contributed by atoms with Gasteiger partial charge in [0.05, 0.1) is 12.3 Å². The van der Waals surface area contributed by atoms with E-state index >= 15 is 0 Å². The molecule has 0 unspecified atom stereocenters. The van der Waals surface area contributed by atoms with Gasteiger partial charge in [0.2, 0.25) is 5.91 Å². The molecule has 134 valence electrons. The molecule has 1 fully saturated rings. The normalized spacial score (nSPS) is 14.2. The summed E-state index contributed by atoms with van der Waals surface area (Å²) < 4.78 is 5.46. The van der Waals surface area contributed by atoms with Crippen LogP contribution in [-0.2, 0) is 11.3 Å². The number of nitrogens with one attached hydrogen (secondary N) is 4. The number of H-pyrrole nitrogens is 1. The summed E-state index contributed by atoms with van der Waals surface area (Å²) in [5.41, 5.74) is 6.33. The second kappa shape index (κ2) is 7.94. The number of rotatable bonds is 7. The van der Waals surface area contributed by atoms with Gasteiger partial charge in [-0.15, -0.1) is 0 Å². The lowest BCUT2D eigenvalue weighted by atomic mass is 10.1. The molecule has 0 spiro atoms. The first kappa shape index (κ1) is 18.7. The number of carbonyl (C=O) groups is 1. The van der Waals surface area contributed by atoms with Crippen molar-refractivity contribution in [2.24, 2.45) is 11.1 Å². The van der Waals surface area contributed by atoms with Crippen LogP contribution in [-0.4, -0.2) is 36.5 Å². The molecule has 7 nitrogen and oxygen atoms in total. The van der Waals surface area contributed by atoms with Crippen molar-refractivity contribution in [3.63, 3.8) is 0 Å². The van der Waals surface area contributed by atoms with Gasteiger partial charge in [-0.05, 0) is 43.5 Å². The number of aromatic amines is 1. The third kappa shape index (κ3) is 4.67. The van der Waals surface area contributed by atoms with Crippen LogP contribution in [0.4, 0.5) is 0 Å². The van der Waals surface area contributed by atoms with Crippen molar-refractivity contribution in [2.75, 3.05) is 13.7 Å². The Labute approximate surface area is 147 Å². The highest BCUT2D eigenvalue weighted by Crippen LogP contribution is 2.45. The van der Waals surface area contributed by atoms with E-state index in [-0.39, 0.29) is 23.6 Å². The second-order valence-electron chi connectivity index (χ2n) is 6.25. The molecule has 3 rings (SSSR count). The molecule has 7 heteroatoms. The molecule has 1 aromatic carbocycles. The van der Waals surface area contributed by atoms with E-state index in [2.05, 4.69) is 16.0 Å². The van der Waals surface area contributed by atoms with E-state index in [0.717, 1.165) is 35.7 Å². The van der Waals surface area contributed by atoms with Crippen LogP contribution in [0.2, 0.25) is 0 Å².